The van der Waals surface area contributed by atoms with Crippen molar-refractivity contribution in [3.63, 3.8) is 0 Å². The van der Waals surface area contributed by atoms with Crippen LogP contribution >= 0.6 is 0 Å². The molecule has 0 aliphatic rings. The molecule has 2 rings (SSSR count). The van der Waals surface area contributed by atoms with Gasteiger partial charge in [-0.15, -0.1) is 25.7 Å². The van der Waals surface area contributed by atoms with E-state index in [-0.39, 0.29) is 0 Å². The van der Waals surface area contributed by atoms with E-state index in [1.165, 1.54) is 0 Å². The summed E-state index contributed by atoms with van der Waals surface area (Å²) in [5, 5.41) is 1.72. The van der Waals surface area contributed by atoms with Crippen LogP contribution in [0.15, 0.2) is 24.3 Å². The normalized spacial score (nSPS) is 8.89. The predicted molar refractivity (Wildman–Crippen MR) is 75.7 cm³/mol. The average molecular weight is 224 g/mol. The molecule has 0 fully saturated rings. The maximum absolute atomic E-state index is 5.52. The second kappa shape index (κ2) is 4.44. The highest BCUT2D eigenvalue weighted by Crippen LogP contribution is 2.26. The van der Waals surface area contributed by atoms with Crippen LogP contribution in [0.5, 0.6) is 0 Å². The molecule has 0 heteroatoms. The largest absolute Gasteiger partial charge is 0.115 e. The van der Waals surface area contributed by atoms with Crippen molar-refractivity contribution in [3.8, 4) is 49.4 Å². The van der Waals surface area contributed by atoms with Crippen molar-refractivity contribution in [3.05, 3.63) is 46.5 Å². The van der Waals surface area contributed by atoms with E-state index in [0.29, 0.717) is 22.3 Å². The molecule has 0 aromatic heterocycles. The van der Waals surface area contributed by atoms with E-state index in [4.69, 9.17) is 25.7 Å². The van der Waals surface area contributed by atoms with Crippen molar-refractivity contribution in [2.75, 3.05) is 0 Å². The molecule has 0 N–H and O–H groups in total. The summed E-state index contributed by atoms with van der Waals surface area (Å²) in [5.74, 6) is 10.4. The van der Waals surface area contributed by atoms with Crippen molar-refractivity contribution in [2.24, 2.45) is 0 Å². The van der Waals surface area contributed by atoms with E-state index >= 15 is 0 Å². The van der Waals surface area contributed by atoms with Crippen LogP contribution in [0, 0.1) is 49.4 Å². The molecule has 2 aromatic rings. The minimum Gasteiger partial charge on any atom is -0.115 e. The van der Waals surface area contributed by atoms with Gasteiger partial charge in [-0.05, 0) is 22.9 Å². The lowest BCUT2D eigenvalue weighted by Crippen LogP contribution is -1.91. The van der Waals surface area contributed by atoms with Gasteiger partial charge in [-0.25, -0.2) is 0 Å². The summed E-state index contributed by atoms with van der Waals surface area (Å²) in [6.07, 6.45) is 21.9. The summed E-state index contributed by atoms with van der Waals surface area (Å²) in [6, 6.07) is 7.31. The first-order valence-corrected chi connectivity index (χ1v) is 5.23. The number of fused-ring (bicyclic) bond motifs is 1. The third-order valence-electron chi connectivity index (χ3n) is 2.80. The molecule has 80 valence electrons. The van der Waals surface area contributed by atoms with Gasteiger partial charge in [0.2, 0.25) is 0 Å². The number of benzene rings is 2. The summed E-state index contributed by atoms with van der Waals surface area (Å²) in [6.45, 7) is 0. The Morgan fingerprint density at radius 1 is 0.556 bits per heavy atom. The lowest BCUT2D eigenvalue weighted by atomic mass is 9.94. The zero-order valence-electron chi connectivity index (χ0n) is 9.62. The monoisotopic (exact) mass is 224 g/mol. The molecule has 0 heterocycles. The van der Waals surface area contributed by atoms with Gasteiger partial charge in [0.25, 0.3) is 0 Å². The lowest BCUT2D eigenvalue weighted by Gasteiger charge is -2.07. The average Bonchev–Trinajstić information content (AvgIpc) is 2.44. The molecule has 0 aliphatic heterocycles. The first-order valence-electron chi connectivity index (χ1n) is 5.23. The van der Waals surface area contributed by atoms with Crippen LogP contribution in [0.3, 0.4) is 0 Å². The number of hydrogen-bond donors (Lipinski definition) is 0. The Labute approximate surface area is 107 Å². The van der Waals surface area contributed by atoms with Crippen molar-refractivity contribution in [2.45, 2.75) is 0 Å². The quantitative estimate of drug-likeness (QED) is 0.604. The highest BCUT2D eigenvalue weighted by atomic mass is 14.1. The molecule has 18 heavy (non-hydrogen) atoms. The number of terminal acetylenes is 4. The van der Waals surface area contributed by atoms with Crippen LogP contribution in [-0.4, -0.2) is 0 Å². The van der Waals surface area contributed by atoms with Crippen LogP contribution in [0.25, 0.3) is 10.8 Å². The Kier molecular flexibility index (Phi) is 2.82. The smallest absolute Gasteiger partial charge is 0.0477 e. The van der Waals surface area contributed by atoms with E-state index in [9.17, 15) is 0 Å². The Bertz CT molecular complexity index is 735. The zero-order valence-corrected chi connectivity index (χ0v) is 9.62. The minimum absolute atomic E-state index is 0.676. The van der Waals surface area contributed by atoms with Crippen LogP contribution in [0.2, 0.25) is 0 Å². The molecule has 0 bridgehead atoms. The maximum Gasteiger partial charge on any atom is 0.0477 e. The molecule has 0 amide bonds. The summed E-state index contributed by atoms with van der Waals surface area (Å²) in [5.41, 5.74) is 2.72. The Morgan fingerprint density at radius 3 is 1.22 bits per heavy atom. The second-order valence-corrected chi connectivity index (χ2v) is 3.65. The van der Waals surface area contributed by atoms with Crippen LogP contribution in [-0.2, 0) is 0 Å². The highest BCUT2D eigenvalue weighted by Gasteiger charge is 2.09. The van der Waals surface area contributed by atoms with E-state index in [0.717, 1.165) is 10.8 Å². The Morgan fingerprint density at radius 2 is 0.944 bits per heavy atom. The first kappa shape index (κ1) is 11.4. The van der Waals surface area contributed by atoms with Crippen molar-refractivity contribution in [1.29, 1.82) is 0 Å². The van der Waals surface area contributed by atoms with Gasteiger partial charge in [0.1, 0.15) is 0 Å². The van der Waals surface area contributed by atoms with E-state index in [1.54, 1.807) is 12.1 Å². The van der Waals surface area contributed by atoms with Gasteiger partial charge < -0.3 is 0 Å². The molecule has 0 radical (unpaired) electrons. The summed E-state index contributed by atoms with van der Waals surface area (Å²) in [4.78, 5) is 0. The maximum atomic E-state index is 5.52. The van der Waals surface area contributed by atoms with Gasteiger partial charge in [-0.3, -0.25) is 0 Å². The fraction of sp³-hybridized carbons (Fsp3) is 0. The fourth-order valence-electron chi connectivity index (χ4n) is 1.96. The molecular formula is C18H8. The third-order valence-corrected chi connectivity index (χ3v) is 2.80. The topological polar surface area (TPSA) is 0 Å². The van der Waals surface area contributed by atoms with Gasteiger partial charge in [-0.1, -0.05) is 35.8 Å². The van der Waals surface area contributed by atoms with Gasteiger partial charge in [0, 0.05) is 22.3 Å². The molecule has 0 aliphatic carbocycles. The molecule has 0 spiro atoms. The molecule has 0 saturated heterocycles. The van der Waals surface area contributed by atoms with E-state index < -0.39 is 0 Å². The van der Waals surface area contributed by atoms with Gasteiger partial charge in [0.05, 0.1) is 0 Å². The molecular weight excluding hydrogens is 216 g/mol. The van der Waals surface area contributed by atoms with Crippen molar-refractivity contribution >= 4 is 10.8 Å². The number of hydrogen-bond acceptors (Lipinski definition) is 0. The summed E-state index contributed by atoms with van der Waals surface area (Å²) >= 11 is 0. The standard InChI is InChI=1S/C18H8/c1-5-13-9-11-18-16(8-4)14(6-2)10-12-17(18)15(13)7-3/h1-4,9-12H. The third kappa shape index (κ3) is 1.51. The fourth-order valence-corrected chi connectivity index (χ4v) is 1.96. The van der Waals surface area contributed by atoms with Crippen LogP contribution in [0.1, 0.15) is 22.3 Å². The number of rotatable bonds is 0. The second-order valence-electron chi connectivity index (χ2n) is 3.65. The first-order chi connectivity index (χ1) is 8.76. The minimum atomic E-state index is 0.676. The summed E-state index contributed by atoms with van der Waals surface area (Å²) < 4.78 is 0. The molecule has 0 unspecified atom stereocenters. The lowest BCUT2D eigenvalue weighted by molar-refractivity contribution is 1.60. The zero-order chi connectivity index (χ0) is 13.1. The van der Waals surface area contributed by atoms with E-state index in [2.05, 4.69) is 23.7 Å². The van der Waals surface area contributed by atoms with Gasteiger partial charge in [-0.2, -0.15) is 0 Å². The van der Waals surface area contributed by atoms with Gasteiger partial charge >= 0.3 is 0 Å². The Balaban J connectivity index is 3.03. The molecule has 0 nitrogen and oxygen atoms in total. The Hall–Kier alpha value is -3.06. The van der Waals surface area contributed by atoms with Crippen molar-refractivity contribution < 1.29 is 0 Å². The van der Waals surface area contributed by atoms with Crippen LogP contribution < -0.4 is 0 Å². The van der Waals surface area contributed by atoms with E-state index in [1.807, 2.05) is 12.1 Å². The predicted octanol–water partition coefficient (Wildman–Crippen LogP) is 2.77. The summed E-state index contributed by atoms with van der Waals surface area (Å²) in [7, 11) is 0. The van der Waals surface area contributed by atoms with Gasteiger partial charge in [0.15, 0.2) is 0 Å². The van der Waals surface area contributed by atoms with Crippen LogP contribution in [0.4, 0.5) is 0 Å². The molecule has 2 aromatic carbocycles. The van der Waals surface area contributed by atoms with Crippen molar-refractivity contribution in [1.82, 2.24) is 0 Å². The molecule has 0 saturated carbocycles. The highest BCUT2D eigenvalue weighted by molar-refractivity contribution is 5.95. The SMILES string of the molecule is C#Cc1ccc2c(C#C)c(C#C)ccc2c1C#C. The molecule has 0 atom stereocenters.